The first-order valence-corrected chi connectivity index (χ1v) is 8.20. The van der Waals surface area contributed by atoms with Crippen LogP contribution in [0.5, 0.6) is 0 Å². The van der Waals surface area contributed by atoms with Crippen LogP contribution in [0.15, 0.2) is 30.3 Å². The Balaban J connectivity index is 2.20. The van der Waals surface area contributed by atoms with Gasteiger partial charge in [0.15, 0.2) is 0 Å². The number of hydrogen-bond donors (Lipinski definition) is 1. The third-order valence-electron chi connectivity index (χ3n) is 4.90. The van der Waals surface area contributed by atoms with Gasteiger partial charge in [0.25, 0.3) is 0 Å². The fraction of sp³-hybridized carbons (Fsp3) is 0.684. The third-order valence-corrected chi connectivity index (χ3v) is 4.90. The molecule has 1 saturated carbocycles. The SMILES string of the molecule is CC1CCCC(C)C1NC(c1ccccc1)C(C)(C)C. The Morgan fingerprint density at radius 2 is 1.55 bits per heavy atom. The molecular formula is C19H31N. The van der Waals surface area contributed by atoms with Gasteiger partial charge in [0.1, 0.15) is 0 Å². The van der Waals surface area contributed by atoms with E-state index in [9.17, 15) is 0 Å². The summed E-state index contributed by atoms with van der Waals surface area (Å²) in [5.74, 6) is 1.57. The van der Waals surface area contributed by atoms with Gasteiger partial charge in [-0.3, -0.25) is 0 Å². The van der Waals surface area contributed by atoms with Crippen molar-refractivity contribution in [2.45, 2.75) is 66.0 Å². The first-order chi connectivity index (χ1) is 9.39. The minimum atomic E-state index is 0.234. The van der Waals surface area contributed by atoms with Crippen molar-refractivity contribution in [1.29, 1.82) is 0 Å². The third kappa shape index (κ3) is 3.63. The van der Waals surface area contributed by atoms with Gasteiger partial charge in [-0.25, -0.2) is 0 Å². The molecule has 1 aromatic carbocycles. The monoisotopic (exact) mass is 273 g/mol. The molecule has 0 aliphatic heterocycles. The summed E-state index contributed by atoms with van der Waals surface area (Å²) in [5.41, 5.74) is 1.66. The van der Waals surface area contributed by atoms with E-state index in [1.165, 1.54) is 24.8 Å². The van der Waals surface area contributed by atoms with E-state index in [4.69, 9.17) is 0 Å². The second-order valence-electron chi connectivity index (χ2n) is 7.79. The largest absolute Gasteiger partial charge is 0.306 e. The standard InChI is InChI=1S/C19H31N/c1-14-10-9-11-15(2)17(14)20-18(19(3,4)5)16-12-7-6-8-13-16/h6-8,12-15,17-18,20H,9-11H2,1-5H3. The normalized spacial score (nSPS) is 29.1. The zero-order valence-corrected chi connectivity index (χ0v) is 13.8. The van der Waals surface area contributed by atoms with E-state index in [2.05, 4.69) is 70.3 Å². The molecule has 1 aliphatic carbocycles. The van der Waals surface area contributed by atoms with Crippen LogP contribution in [0.3, 0.4) is 0 Å². The maximum Gasteiger partial charge on any atom is 0.0371 e. The van der Waals surface area contributed by atoms with Crippen LogP contribution in [0.2, 0.25) is 0 Å². The molecule has 1 aromatic rings. The molecule has 2 rings (SSSR count). The topological polar surface area (TPSA) is 12.0 Å². The van der Waals surface area contributed by atoms with Gasteiger partial charge in [0.2, 0.25) is 0 Å². The average Bonchev–Trinajstić information content (AvgIpc) is 2.38. The van der Waals surface area contributed by atoms with Crippen LogP contribution in [0.4, 0.5) is 0 Å². The maximum atomic E-state index is 4.01. The van der Waals surface area contributed by atoms with Crippen LogP contribution >= 0.6 is 0 Å². The van der Waals surface area contributed by atoms with E-state index < -0.39 is 0 Å². The summed E-state index contributed by atoms with van der Waals surface area (Å²) in [7, 11) is 0. The summed E-state index contributed by atoms with van der Waals surface area (Å²) in [6.07, 6.45) is 4.13. The Kier molecular flexibility index (Phi) is 4.90. The molecule has 0 spiro atoms. The highest BCUT2D eigenvalue weighted by atomic mass is 15.0. The summed E-state index contributed by atoms with van der Waals surface area (Å²) in [4.78, 5) is 0. The minimum absolute atomic E-state index is 0.234. The van der Waals surface area contributed by atoms with Gasteiger partial charge in [-0.1, -0.05) is 71.4 Å². The Hall–Kier alpha value is -0.820. The Bertz CT molecular complexity index is 394. The first kappa shape index (κ1) is 15.6. The van der Waals surface area contributed by atoms with Crippen molar-refractivity contribution in [3.05, 3.63) is 35.9 Å². The smallest absolute Gasteiger partial charge is 0.0371 e. The van der Waals surface area contributed by atoms with Crippen LogP contribution in [0, 0.1) is 17.3 Å². The van der Waals surface area contributed by atoms with E-state index in [1.54, 1.807) is 0 Å². The van der Waals surface area contributed by atoms with Crippen LogP contribution in [-0.2, 0) is 0 Å². The first-order valence-electron chi connectivity index (χ1n) is 8.20. The molecule has 20 heavy (non-hydrogen) atoms. The second-order valence-corrected chi connectivity index (χ2v) is 7.79. The molecule has 0 bridgehead atoms. The fourth-order valence-corrected chi connectivity index (χ4v) is 3.69. The number of benzene rings is 1. The van der Waals surface area contributed by atoms with E-state index in [0.717, 1.165) is 11.8 Å². The lowest BCUT2D eigenvalue weighted by Gasteiger charge is -2.42. The van der Waals surface area contributed by atoms with Crippen molar-refractivity contribution in [3.63, 3.8) is 0 Å². The molecule has 1 N–H and O–H groups in total. The Labute approximate surface area is 125 Å². The molecule has 1 heteroatoms. The molecule has 1 nitrogen and oxygen atoms in total. The molecule has 3 unspecified atom stereocenters. The van der Waals surface area contributed by atoms with Crippen molar-refractivity contribution in [3.8, 4) is 0 Å². The lowest BCUT2D eigenvalue weighted by molar-refractivity contribution is 0.152. The van der Waals surface area contributed by atoms with E-state index in [0.29, 0.717) is 12.1 Å². The van der Waals surface area contributed by atoms with Gasteiger partial charge in [-0.15, -0.1) is 0 Å². The van der Waals surface area contributed by atoms with Crippen LogP contribution in [0.1, 0.15) is 65.5 Å². The molecule has 112 valence electrons. The lowest BCUT2D eigenvalue weighted by atomic mass is 9.75. The van der Waals surface area contributed by atoms with Crippen LogP contribution < -0.4 is 5.32 Å². The van der Waals surface area contributed by atoms with Crippen molar-refractivity contribution in [2.24, 2.45) is 17.3 Å². The fourth-order valence-electron chi connectivity index (χ4n) is 3.69. The van der Waals surface area contributed by atoms with Crippen LogP contribution in [0.25, 0.3) is 0 Å². The zero-order chi connectivity index (χ0) is 14.8. The minimum Gasteiger partial charge on any atom is -0.306 e. The predicted molar refractivity (Wildman–Crippen MR) is 87.7 cm³/mol. The van der Waals surface area contributed by atoms with Gasteiger partial charge in [0, 0.05) is 12.1 Å². The van der Waals surface area contributed by atoms with E-state index >= 15 is 0 Å². The van der Waals surface area contributed by atoms with Gasteiger partial charge in [-0.05, 0) is 35.7 Å². The molecule has 3 atom stereocenters. The zero-order valence-electron chi connectivity index (χ0n) is 13.8. The van der Waals surface area contributed by atoms with Gasteiger partial charge in [0.05, 0.1) is 0 Å². The van der Waals surface area contributed by atoms with Gasteiger partial charge < -0.3 is 5.32 Å². The van der Waals surface area contributed by atoms with Crippen molar-refractivity contribution >= 4 is 0 Å². The highest BCUT2D eigenvalue weighted by Gasteiger charge is 2.34. The summed E-state index contributed by atoms with van der Waals surface area (Å²) >= 11 is 0. The summed E-state index contributed by atoms with van der Waals surface area (Å²) in [6, 6.07) is 12.0. The summed E-state index contributed by atoms with van der Waals surface area (Å²) in [6.45, 7) is 11.9. The molecule has 0 aromatic heterocycles. The van der Waals surface area contributed by atoms with Gasteiger partial charge >= 0.3 is 0 Å². The van der Waals surface area contributed by atoms with Crippen molar-refractivity contribution in [2.75, 3.05) is 0 Å². The highest BCUT2D eigenvalue weighted by molar-refractivity contribution is 5.21. The van der Waals surface area contributed by atoms with Crippen LogP contribution in [-0.4, -0.2) is 6.04 Å². The predicted octanol–water partition coefficient (Wildman–Crippen LogP) is 5.19. The number of rotatable bonds is 3. The molecule has 0 amide bonds. The van der Waals surface area contributed by atoms with Crippen molar-refractivity contribution in [1.82, 2.24) is 5.32 Å². The Morgan fingerprint density at radius 3 is 2.05 bits per heavy atom. The Morgan fingerprint density at radius 1 is 1.00 bits per heavy atom. The summed E-state index contributed by atoms with van der Waals surface area (Å²) < 4.78 is 0. The quantitative estimate of drug-likeness (QED) is 0.799. The molecule has 0 heterocycles. The number of nitrogens with one attached hydrogen (secondary N) is 1. The maximum absolute atomic E-state index is 4.01. The lowest BCUT2D eigenvalue weighted by Crippen LogP contribution is -2.47. The van der Waals surface area contributed by atoms with E-state index in [-0.39, 0.29) is 5.41 Å². The molecule has 1 aliphatic rings. The number of hydrogen-bond acceptors (Lipinski definition) is 1. The molecular weight excluding hydrogens is 242 g/mol. The summed E-state index contributed by atoms with van der Waals surface area (Å²) in [5, 5.41) is 4.01. The highest BCUT2D eigenvalue weighted by Crippen LogP contribution is 2.37. The van der Waals surface area contributed by atoms with E-state index in [1.807, 2.05) is 0 Å². The average molecular weight is 273 g/mol. The second kappa shape index (κ2) is 6.30. The molecule has 1 fully saturated rings. The molecule has 0 saturated heterocycles. The van der Waals surface area contributed by atoms with Crippen molar-refractivity contribution < 1.29 is 0 Å². The van der Waals surface area contributed by atoms with Gasteiger partial charge in [-0.2, -0.15) is 0 Å². The molecule has 0 radical (unpaired) electrons.